The van der Waals surface area contributed by atoms with Crippen molar-refractivity contribution in [3.8, 4) is 0 Å². The van der Waals surface area contributed by atoms with Gasteiger partial charge >= 0.3 is 0 Å². The van der Waals surface area contributed by atoms with Crippen molar-refractivity contribution in [3.63, 3.8) is 0 Å². The summed E-state index contributed by atoms with van der Waals surface area (Å²) in [5, 5.41) is 23.6. The van der Waals surface area contributed by atoms with Crippen LogP contribution < -0.4 is 0 Å². The van der Waals surface area contributed by atoms with Gasteiger partial charge in [-0.05, 0) is 66.1 Å². The Labute approximate surface area is 199 Å². The second-order valence-corrected chi connectivity index (χ2v) is 9.65. The molecule has 6 rings (SSSR count). The van der Waals surface area contributed by atoms with E-state index in [1.807, 2.05) is 0 Å². The fourth-order valence-corrected chi connectivity index (χ4v) is 5.67. The molecule has 2 aromatic carbocycles. The Morgan fingerprint density at radius 2 is 1.79 bits per heavy atom. The summed E-state index contributed by atoms with van der Waals surface area (Å²) >= 11 is 0. The molecule has 5 nitrogen and oxygen atoms in total. The summed E-state index contributed by atoms with van der Waals surface area (Å²) in [6.07, 6.45) is 14.2. The molecule has 0 aromatic heterocycles. The van der Waals surface area contributed by atoms with Crippen molar-refractivity contribution in [2.24, 2.45) is 9.98 Å². The van der Waals surface area contributed by atoms with E-state index in [4.69, 9.17) is 14.7 Å². The van der Waals surface area contributed by atoms with Crippen LogP contribution in [0, 0.1) is 0 Å². The Kier molecular flexibility index (Phi) is 5.58. The number of ether oxygens (including phenoxy) is 1. The number of aryl methyl sites for hydroxylation is 1. The van der Waals surface area contributed by atoms with Gasteiger partial charge in [-0.25, -0.2) is 9.98 Å². The van der Waals surface area contributed by atoms with E-state index >= 15 is 0 Å². The van der Waals surface area contributed by atoms with E-state index < -0.39 is 0 Å². The Bertz CT molecular complexity index is 1290. The second kappa shape index (κ2) is 8.88. The molecule has 4 aliphatic rings. The highest BCUT2D eigenvalue weighted by atomic mass is 16.5. The van der Waals surface area contributed by atoms with Gasteiger partial charge in [0.05, 0.1) is 17.4 Å². The maximum Gasteiger partial charge on any atom is 0.164 e. The van der Waals surface area contributed by atoms with Crippen LogP contribution in [0.4, 0.5) is 0 Å². The van der Waals surface area contributed by atoms with E-state index in [0.717, 1.165) is 42.3 Å². The largest absolute Gasteiger partial charge is 0.511 e. The minimum absolute atomic E-state index is 0.0487. The molecule has 5 heteroatoms. The third-order valence-corrected chi connectivity index (χ3v) is 7.36. The number of benzene rings is 2. The lowest BCUT2D eigenvalue weighted by Gasteiger charge is -2.26. The molecule has 1 saturated carbocycles. The zero-order valence-electron chi connectivity index (χ0n) is 19.3. The number of hydrogen-bond acceptors (Lipinski definition) is 5. The molecule has 1 fully saturated rings. The first-order chi connectivity index (χ1) is 16.7. The van der Waals surface area contributed by atoms with Gasteiger partial charge in [0.1, 0.15) is 11.5 Å². The first-order valence-corrected chi connectivity index (χ1v) is 12.5. The van der Waals surface area contributed by atoms with Crippen LogP contribution >= 0.6 is 0 Å². The highest BCUT2D eigenvalue weighted by Crippen LogP contribution is 2.35. The van der Waals surface area contributed by atoms with Crippen molar-refractivity contribution < 1.29 is 14.9 Å². The zero-order valence-corrected chi connectivity index (χ0v) is 19.3. The predicted molar refractivity (Wildman–Crippen MR) is 137 cm³/mol. The molecule has 1 aliphatic heterocycles. The number of hydrogen-bond donors (Lipinski definition) is 2. The van der Waals surface area contributed by atoms with E-state index in [0.29, 0.717) is 30.7 Å². The summed E-state index contributed by atoms with van der Waals surface area (Å²) in [5.74, 6) is 0.563. The average molecular weight is 455 g/mol. The summed E-state index contributed by atoms with van der Waals surface area (Å²) in [6.45, 7) is 0. The Morgan fingerprint density at radius 3 is 2.62 bits per heavy atom. The number of rotatable bonds is 4. The Morgan fingerprint density at radius 1 is 0.971 bits per heavy atom. The molecular weight excluding hydrogens is 424 g/mol. The van der Waals surface area contributed by atoms with E-state index in [2.05, 4.69) is 42.5 Å². The zero-order chi connectivity index (χ0) is 23.1. The fourth-order valence-electron chi connectivity index (χ4n) is 5.67. The van der Waals surface area contributed by atoms with Gasteiger partial charge in [-0.3, -0.25) is 0 Å². The van der Waals surface area contributed by atoms with Crippen LogP contribution in [0.2, 0.25) is 0 Å². The minimum atomic E-state index is -0.379. The van der Waals surface area contributed by atoms with Crippen LogP contribution in [0.25, 0.3) is 16.8 Å². The van der Waals surface area contributed by atoms with Gasteiger partial charge in [0, 0.05) is 18.4 Å². The lowest BCUT2D eigenvalue weighted by Crippen LogP contribution is -2.28. The Hall–Kier alpha value is -3.18. The number of nitrogens with zero attached hydrogens (tertiary/aromatic N) is 2. The molecular formula is C29H30N2O3. The van der Waals surface area contributed by atoms with Crippen molar-refractivity contribution in [3.05, 3.63) is 76.3 Å². The van der Waals surface area contributed by atoms with Gasteiger partial charge in [-0.1, -0.05) is 49.3 Å². The maximum absolute atomic E-state index is 10.6. The van der Waals surface area contributed by atoms with Gasteiger partial charge in [-0.15, -0.1) is 0 Å². The number of amidine groups is 1. The highest BCUT2D eigenvalue weighted by Gasteiger charge is 2.30. The van der Waals surface area contributed by atoms with E-state index in [-0.39, 0.29) is 23.9 Å². The molecule has 2 N–H and O–H groups in total. The van der Waals surface area contributed by atoms with Crippen LogP contribution in [0.15, 0.2) is 69.6 Å². The van der Waals surface area contributed by atoms with Crippen LogP contribution in [-0.4, -0.2) is 34.1 Å². The van der Waals surface area contributed by atoms with Gasteiger partial charge in [0.25, 0.3) is 0 Å². The highest BCUT2D eigenvalue weighted by molar-refractivity contribution is 6.20. The van der Waals surface area contributed by atoms with Gasteiger partial charge in [0.15, 0.2) is 12.1 Å². The predicted octanol–water partition coefficient (Wildman–Crippen LogP) is 6.72. The second-order valence-electron chi connectivity index (χ2n) is 9.65. The summed E-state index contributed by atoms with van der Waals surface area (Å²) < 4.78 is 6.44. The standard InChI is InChI=1S/C29H30N2O3/c32-25-14-7-15-26(33)28(25)29-30-24(17-27(31-29)34-19-9-2-3-10-19)23-16-18-8-1-4-11-20(18)21-12-5-6-13-22(21)23/h4-6,11-14,16,19,27,32-33H,1-3,7-10,15,17H2. The van der Waals surface area contributed by atoms with Crippen LogP contribution in [0.5, 0.6) is 0 Å². The molecule has 0 bridgehead atoms. The first-order valence-electron chi connectivity index (χ1n) is 12.5. The Balaban J connectivity index is 1.48. The van der Waals surface area contributed by atoms with Crippen LogP contribution in [-0.2, 0) is 11.2 Å². The number of aliphatic hydroxyl groups is 2. The average Bonchev–Trinajstić information content (AvgIpc) is 3.36. The fraction of sp³-hybridized carbons (Fsp3) is 0.379. The third kappa shape index (κ3) is 3.88. The van der Waals surface area contributed by atoms with Gasteiger partial charge in [0.2, 0.25) is 0 Å². The summed E-state index contributed by atoms with van der Waals surface area (Å²) in [6, 6.07) is 10.8. The molecule has 0 amide bonds. The normalized spacial score (nSPS) is 23.1. The monoisotopic (exact) mass is 454 g/mol. The molecule has 0 saturated heterocycles. The quantitative estimate of drug-likeness (QED) is 0.538. The van der Waals surface area contributed by atoms with Crippen molar-refractivity contribution in [2.45, 2.75) is 70.1 Å². The van der Waals surface area contributed by atoms with Crippen molar-refractivity contribution in [1.82, 2.24) is 0 Å². The third-order valence-electron chi connectivity index (χ3n) is 7.36. The van der Waals surface area contributed by atoms with Crippen LogP contribution in [0.1, 0.15) is 68.1 Å². The molecule has 34 heavy (non-hydrogen) atoms. The van der Waals surface area contributed by atoms with Crippen LogP contribution in [0.3, 0.4) is 0 Å². The lowest BCUT2D eigenvalue weighted by molar-refractivity contribution is 0.000645. The molecule has 0 radical (unpaired) electrons. The summed E-state index contributed by atoms with van der Waals surface area (Å²) in [4.78, 5) is 9.74. The molecule has 174 valence electrons. The van der Waals surface area contributed by atoms with Crippen molar-refractivity contribution in [1.29, 1.82) is 0 Å². The molecule has 0 spiro atoms. The number of fused-ring (bicyclic) bond motifs is 3. The smallest absolute Gasteiger partial charge is 0.164 e. The minimum Gasteiger partial charge on any atom is -0.511 e. The summed E-state index contributed by atoms with van der Waals surface area (Å²) in [5.41, 5.74) is 4.96. The number of aliphatic hydroxyl groups excluding tert-OH is 2. The molecule has 1 atom stereocenters. The lowest BCUT2D eigenvalue weighted by atomic mass is 9.87. The molecule has 3 aliphatic carbocycles. The van der Waals surface area contributed by atoms with Crippen molar-refractivity contribution in [2.75, 3.05) is 0 Å². The number of aliphatic imine (C=N–C) groups is 2. The van der Waals surface area contributed by atoms with E-state index in [1.54, 1.807) is 6.08 Å². The van der Waals surface area contributed by atoms with Gasteiger partial charge in [-0.2, -0.15) is 0 Å². The number of allylic oxidation sites excluding steroid dienone is 3. The van der Waals surface area contributed by atoms with Gasteiger partial charge < -0.3 is 14.9 Å². The maximum atomic E-state index is 10.6. The van der Waals surface area contributed by atoms with E-state index in [9.17, 15) is 10.2 Å². The molecule has 2 aromatic rings. The van der Waals surface area contributed by atoms with Crippen molar-refractivity contribution >= 4 is 28.4 Å². The molecule has 1 unspecified atom stereocenters. The topological polar surface area (TPSA) is 74.4 Å². The summed E-state index contributed by atoms with van der Waals surface area (Å²) in [7, 11) is 0. The first kappa shape index (κ1) is 21.4. The molecule has 1 heterocycles. The van der Waals surface area contributed by atoms with E-state index in [1.165, 1.54) is 29.4 Å². The SMILES string of the molecule is OC1=CCCC(O)=C1C1=NC(OC2CCCC2)CC(c2cc3c(c4ccccc24)C=CCC3)=N1.